The van der Waals surface area contributed by atoms with E-state index >= 15 is 0 Å². The predicted octanol–water partition coefficient (Wildman–Crippen LogP) is 1.79. The van der Waals surface area contributed by atoms with Crippen LogP contribution in [-0.4, -0.2) is 27.5 Å². The van der Waals surface area contributed by atoms with Gasteiger partial charge in [-0.2, -0.15) is 0 Å². The fourth-order valence-electron chi connectivity index (χ4n) is 2.72. The second kappa shape index (κ2) is 6.51. The van der Waals surface area contributed by atoms with Crippen molar-refractivity contribution >= 4 is 11.7 Å². The number of halogens is 1. The van der Waals surface area contributed by atoms with Gasteiger partial charge < -0.3 is 16.3 Å². The van der Waals surface area contributed by atoms with Crippen LogP contribution in [0.25, 0.3) is 0 Å². The van der Waals surface area contributed by atoms with Gasteiger partial charge in [-0.15, -0.1) is 0 Å². The molecule has 1 fully saturated rings. The molecule has 1 aliphatic carbocycles. The lowest BCUT2D eigenvalue weighted by Crippen LogP contribution is -2.57. The number of oxime groups is 1. The minimum atomic E-state index is -0.919. The number of aromatic nitrogens is 1. The molecule has 1 amide bonds. The van der Waals surface area contributed by atoms with Crippen LogP contribution in [0.5, 0.6) is 0 Å². The van der Waals surface area contributed by atoms with Crippen LogP contribution < -0.4 is 11.1 Å². The molecule has 6 nitrogen and oxygen atoms in total. The van der Waals surface area contributed by atoms with E-state index in [2.05, 4.69) is 15.5 Å². The van der Waals surface area contributed by atoms with E-state index in [1.165, 1.54) is 12.3 Å². The van der Waals surface area contributed by atoms with Crippen molar-refractivity contribution in [2.24, 2.45) is 10.9 Å². The summed E-state index contributed by atoms with van der Waals surface area (Å²) in [7, 11) is 0. The first-order valence-corrected chi connectivity index (χ1v) is 6.99. The van der Waals surface area contributed by atoms with E-state index in [-0.39, 0.29) is 11.4 Å². The molecule has 0 radical (unpaired) electrons. The molecule has 0 spiro atoms. The highest BCUT2D eigenvalue weighted by molar-refractivity contribution is 6.00. The minimum Gasteiger partial charge on any atom is -0.409 e. The SMILES string of the molecule is NC(=NO)C1(NC(=O)c2ccncc2F)CCCCCC1. The lowest BCUT2D eigenvalue weighted by molar-refractivity contribution is 0.0911. The monoisotopic (exact) mass is 294 g/mol. The van der Waals surface area contributed by atoms with Gasteiger partial charge in [0.1, 0.15) is 5.54 Å². The molecule has 1 aromatic rings. The van der Waals surface area contributed by atoms with Gasteiger partial charge in [0.05, 0.1) is 11.8 Å². The Morgan fingerprint density at radius 2 is 2.05 bits per heavy atom. The topological polar surface area (TPSA) is 101 Å². The van der Waals surface area contributed by atoms with Crippen LogP contribution in [-0.2, 0) is 0 Å². The largest absolute Gasteiger partial charge is 0.409 e. The summed E-state index contributed by atoms with van der Waals surface area (Å²) >= 11 is 0. The number of carbonyl (C=O) groups is 1. The molecule has 1 aromatic heterocycles. The number of hydrogen-bond donors (Lipinski definition) is 3. The maximum Gasteiger partial charge on any atom is 0.255 e. The molecule has 0 saturated heterocycles. The fraction of sp³-hybridized carbons (Fsp3) is 0.500. The summed E-state index contributed by atoms with van der Waals surface area (Å²) in [6.07, 6.45) is 7.24. The summed E-state index contributed by atoms with van der Waals surface area (Å²) in [4.78, 5) is 15.9. The van der Waals surface area contributed by atoms with Crippen molar-refractivity contribution in [1.29, 1.82) is 0 Å². The van der Waals surface area contributed by atoms with Crippen molar-refractivity contribution in [2.75, 3.05) is 0 Å². The Balaban J connectivity index is 2.27. The molecule has 0 bridgehead atoms. The molecule has 0 atom stereocenters. The number of amides is 1. The maximum absolute atomic E-state index is 13.6. The lowest BCUT2D eigenvalue weighted by Gasteiger charge is -2.32. The first-order chi connectivity index (χ1) is 10.1. The molecule has 0 aromatic carbocycles. The van der Waals surface area contributed by atoms with Gasteiger partial charge in [-0.3, -0.25) is 9.78 Å². The third-order valence-electron chi connectivity index (χ3n) is 3.93. The molecule has 114 valence electrons. The number of pyridine rings is 1. The summed E-state index contributed by atoms with van der Waals surface area (Å²) in [6, 6.07) is 1.31. The number of carbonyl (C=O) groups excluding carboxylic acids is 1. The van der Waals surface area contributed by atoms with E-state index in [1.807, 2.05) is 0 Å². The Bertz CT molecular complexity index is 540. The average molecular weight is 294 g/mol. The van der Waals surface area contributed by atoms with Crippen molar-refractivity contribution in [3.63, 3.8) is 0 Å². The molecule has 1 heterocycles. The molecule has 4 N–H and O–H groups in total. The summed E-state index contributed by atoms with van der Waals surface area (Å²) in [5.74, 6) is -1.31. The van der Waals surface area contributed by atoms with Gasteiger partial charge in [-0.25, -0.2) is 4.39 Å². The molecule has 0 aliphatic heterocycles. The number of nitrogens with zero attached hydrogens (tertiary/aromatic N) is 2. The Hall–Kier alpha value is -2.18. The first-order valence-electron chi connectivity index (χ1n) is 6.99. The molecule has 7 heteroatoms. The highest BCUT2D eigenvalue weighted by Crippen LogP contribution is 2.28. The van der Waals surface area contributed by atoms with Gasteiger partial charge in [0.25, 0.3) is 5.91 Å². The van der Waals surface area contributed by atoms with Gasteiger partial charge >= 0.3 is 0 Å². The Kier molecular flexibility index (Phi) is 4.72. The third kappa shape index (κ3) is 3.29. The number of rotatable bonds is 3. The zero-order valence-corrected chi connectivity index (χ0v) is 11.7. The Morgan fingerprint density at radius 1 is 1.38 bits per heavy atom. The molecule has 1 saturated carbocycles. The van der Waals surface area contributed by atoms with E-state index in [1.54, 1.807) is 0 Å². The van der Waals surface area contributed by atoms with Gasteiger partial charge in [-0.05, 0) is 18.9 Å². The van der Waals surface area contributed by atoms with Gasteiger partial charge in [-0.1, -0.05) is 30.8 Å². The van der Waals surface area contributed by atoms with Crippen molar-refractivity contribution in [2.45, 2.75) is 44.1 Å². The van der Waals surface area contributed by atoms with Gasteiger partial charge in [0.2, 0.25) is 0 Å². The van der Waals surface area contributed by atoms with E-state index in [0.717, 1.165) is 31.9 Å². The van der Waals surface area contributed by atoms with Crippen LogP contribution in [0.2, 0.25) is 0 Å². The third-order valence-corrected chi connectivity index (χ3v) is 3.93. The second-order valence-corrected chi connectivity index (χ2v) is 5.29. The minimum absolute atomic E-state index is 0.0350. The van der Waals surface area contributed by atoms with Gasteiger partial charge in [0.15, 0.2) is 11.7 Å². The Labute approximate surface area is 122 Å². The maximum atomic E-state index is 13.6. The van der Waals surface area contributed by atoms with Gasteiger partial charge in [0, 0.05) is 6.20 Å². The standard InChI is InChI=1S/C14H19FN4O2/c15-11-9-17-8-5-10(11)12(20)18-14(13(16)19-21)6-3-1-2-4-7-14/h5,8-9,21H,1-4,6-7H2,(H2,16,19)(H,18,20). The quantitative estimate of drug-likeness (QED) is 0.260. The van der Waals surface area contributed by atoms with E-state index in [0.29, 0.717) is 12.8 Å². The molecular weight excluding hydrogens is 275 g/mol. The molecule has 21 heavy (non-hydrogen) atoms. The molecule has 1 aliphatic rings. The van der Waals surface area contributed by atoms with Crippen LogP contribution in [0.1, 0.15) is 48.9 Å². The highest BCUT2D eigenvalue weighted by atomic mass is 19.1. The van der Waals surface area contributed by atoms with E-state index < -0.39 is 17.3 Å². The smallest absolute Gasteiger partial charge is 0.255 e. The zero-order chi connectivity index (χ0) is 15.3. The molecular formula is C14H19FN4O2. The van der Waals surface area contributed by atoms with Crippen molar-refractivity contribution in [1.82, 2.24) is 10.3 Å². The zero-order valence-electron chi connectivity index (χ0n) is 11.7. The van der Waals surface area contributed by atoms with Crippen molar-refractivity contribution < 1.29 is 14.4 Å². The summed E-state index contributed by atoms with van der Waals surface area (Å²) in [5.41, 5.74) is 4.78. The van der Waals surface area contributed by atoms with Crippen molar-refractivity contribution in [3.05, 3.63) is 29.8 Å². The van der Waals surface area contributed by atoms with Crippen molar-refractivity contribution in [3.8, 4) is 0 Å². The first kappa shape index (κ1) is 15.2. The van der Waals surface area contributed by atoms with Crippen LogP contribution >= 0.6 is 0 Å². The number of amidine groups is 1. The summed E-state index contributed by atoms with van der Waals surface area (Å²) < 4.78 is 13.6. The number of hydrogen-bond acceptors (Lipinski definition) is 4. The van der Waals surface area contributed by atoms with E-state index in [9.17, 15) is 9.18 Å². The number of nitrogens with one attached hydrogen (secondary N) is 1. The van der Waals surface area contributed by atoms with Crippen LogP contribution in [0.3, 0.4) is 0 Å². The summed E-state index contributed by atoms with van der Waals surface area (Å²) in [6.45, 7) is 0. The number of nitrogens with two attached hydrogens (primary N) is 1. The average Bonchev–Trinajstić information content (AvgIpc) is 2.73. The molecule has 2 rings (SSSR count). The second-order valence-electron chi connectivity index (χ2n) is 5.29. The predicted molar refractivity (Wildman–Crippen MR) is 75.5 cm³/mol. The van der Waals surface area contributed by atoms with Crippen LogP contribution in [0, 0.1) is 5.82 Å². The lowest BCUT2D eigenvalue weighted by atomic mass is 9.88. The highest BCUT2D eigenvalue weighted by Gasteiger charge is 2.37. The normalized spacial score (nSPS) is 18.8. The fourth-order valence-corrected chi connectivity index (χ4v) is 2.72. The molecule has 0 unspecified atom stereocenters. The van der Waals surface area contributed by atoms with Crippen LogP contribution in [0.4, 0.5) is 4.39 Å². The Morgan fingerprint density at radius 3 is 2.62 bits per heavy atom. The summed E-state index contributed by atoms with van der Waals surface area (Å²) in [5, 5.41) is 14.8. The van der Waals surface area contributed by atoms with Crippen LogP contribution in [0.15, 0.2) is 23.6 Å². The van der Waals surface area contributed by atoms with E-state index in [4.69, 9.17) is 10.9 Å².